The molecule has 0 heterocycles. The SMILES string of the molecule is ClC(c1cccc2ccccc12)C(C1CC1)C1CC1. The van der Waals surface area contributed by atoms with Crippen LogP contribution < -0.4 is 0 Å². The Morgan fingerprint density at radius 2 is 1.47 bits per heavy atom. The molecule has 2 aliphatic rings. The van der Waals surface area contributed by atoms with Crippen LogP contribution in [0.5, 0.6) is 0 Å². The largest absolute Gasteiger partial charge is 0.117 e. The predicted octanol–water partition coefficient (Wildman–Crippen LogP) is 5.56. The normalized spacial score (nSPS) is 20.9. The first kappa shape index (κ1) is 11.8. The second-order valence-electron chi connectivity index (χ2n) is 6.22. The van der Waals surface area contributed by atoms with Gasteiger partial charge in [-0.15, -0.1) is 11.6 Å². The van der Waals surface area contributed by atoms with Gasteiger partial charge < -0.3 is 0 Å². The summed E-state index contributed by atoms with van der Waals surface area (Å²) in [6.07, 6.45) is 5.59. The molecule has 0 amide bonds. The van der Waals surface area contributed by atoms with Crippen LogP contribution in [0.2, 0.25) is 0 Å². The lowest BCUT2D eigenvalue weighted by Gasteiger charge is -2.23. The van der Waals surface area contributed by atoms with Crippen molar-refractivity contribution in [2.75, 3.05) is 0 Å². The monoisotopic (exact) mass is 270 g/mol. The van der Waals surface area contributed by atoms with Crippen molar-refractivity contribution in [2.24, 2.45) is 17.8 Å². The zero-order valence-electron chi connectivity index (χ0n) is 11.1. The molecule has 0 aromatic heterocycles. The van der Waals surface area contributed by atoms with Crippen LogP contribution >= 0.6 is 11.6 Å². The number of hydrogen-bond donors (Lipinski definition) is 0. The first-order chi connectivity index (χ1) is 9.34. The molecule has 1 unspecified atom stereocenters. The highest BCUT2D eigenvalue weighted by Gasteiger charge is 2.45. The topological polar surface area (TPSA) is 0 Å². The molecule has 0 aliphatic heterocycles. The molecule has 0 N–H and O–H groups in total. The third-order valence-corrected chi connectivity index (χ3v) is 5.32. The Bertz CT molecular complexity index is 578. The highest BCUT2D eigenvalue weighted by atomic mass is 35.5. The van der Waals surface area contributed by atoms with Gasteiger partial charge in [0, 0.05) is 0 Å². The molecule has 2 saturated carbocycles. The molecule has 0 radical (unpaired) electrons. The molecule has 2 aromatic rings. The highest BCUT2D eigenvalue weighted by molar-refractivity contribution is 6.22. The van der Waals surface area contributed by atoms with Crippen LogP contribution in [0.1, 0.15) is 36.6 Å². The van der Waals surface area contributed by atoms with Crippen molar-refractivity contribution in [2.45, 2.75) is 31.1 Å². The maximum atomic E-state index is 6.92. The van der Waals surface area contributed by atoms with Gasteiger partial charge in [0.25, 0.3) is 0 Å². The second-order valence-corrected chi connectivity index (χ2v) is 6.69. The number of hydrogen-bond acceptors (Lipinski definition) is 0. The van der Waals surface area contributed by atoms with E-state index in [0.717, 1.165) is 11.8 Å². The molecule has 0 nitrogen and oxygen atoms in total. The first-order valence-corrected chi connectivity index (χ1v) is 7.90. The first-order valence-electron chi connectivity index (χ1n) is 7.46. The van der Waals surface area contributed by atoms with E-state index in [-0.39, 0.29) is 5.38 Å². The van der Waals surface area contributed by atoms with E-state index in [9.17, 15) is 0 Å². The van der Waals surface area contributed by atoms with E-state index in [1.165, 1.54) is 42.0 Å². The van der Waals surface area contributed by atoms with Crippen molar-refractivity contribution < 1.29 is 0 Å². The fourth-order valence-corrected chi connectivity index (χ4v) is 4.13. The van der Waals surface area contributed by atoms with Crippen molar-refractivity contribution in [3.63, 3.8) is 0 Å². The van der Waals surface area contributed by atoms with E-state index in [1.807, 2.05) is 0 Å². The van der Waals surface area contributed by atoms with E-state index in [1.54, 1.807) is 0 Å². The molecule has 0 bridgehead atoms. The van der Waals surface area contributed by atoms with Gasteiger partial charge in [0.05, 0.1) is 5.38 Å². The van der Waals surface area contributed by atoms with Crippen molar-refractivity contribution >= 4 is 22.4 Å². The van der Waals surface area contributed by atoms with Gasteiger partial charge >= 0.3 is 0 Å². The van der Waals surface area contributed by atoms with Crippen LogP contribution in [0.3, 0.4) is 0 Å². The molecule has 98 valence electrons. The highest BCUT2D eigenvalue weighted by Crippen LogP contribution is 2.56. The van der Waals surface area contributed by atoms with Crippen LogP contribution in [0.4, 0.5) is 0 Å². The number of benzene rings is 2. The Morgan fingerprint density at radius 3 is 2.16 bits per heavy atom. The molecule has 2 aliphatic carbocycles. The number of halogens is 1. The minimum absolute atomic E-state index is 0.200. The van der Waals surface area contributed by atoms with E-state index in [4.69, 9.17) is 11.6 Å². The maximum absolute atomic E-state index is 6.92. The number of fused-ring (bicyclic) bond motifs is 1. The minimum Gasteiger partial charge on any atom is -0.117 e. The molecule has 2 aromatic carbocycles. The molecule has 1 atom stereocenters. The zero-order valence-corrected chi connectivity index (χ0v) is 11.8. The Hall–Kier alpha value is -1.01. The van der Waals surface area contributed by atoms with Gasteiger partial charge in [0.1, 0.15) is 0 Å². The lowest BCUT2D eigenvalue weighted by molar-refractivity contribution is 0.393. The molecule has 1 heteroatoms. The van der Waals surface area contributed by atoms with Crippen LogP contribution in [0.15, 0.2) is 42.5 Å². The van der Waals surface area contributed by atoms with Gasteiger partial charge in [-0.2, -0.15) is 0 Å². The van der Waals surface area contributed by atoms with Crippen molar-refractivity contribution in [3.8, 4) is 0 Å². The standard InChI is InChI=1S/C18H19Cl/c19-18(17(13-8-9-13)14-10-11-14)16-7-3-5-12-4-1-2-6-15(12)16/h1-7,13-14,17-18H,8-11H2. The summed E-state index contributed by atoms with van der Waals surface area (Å²) in [5, 5.41) is 2.86. The smallest absolute Gasteiger partial charge is 0.0624 e. The summed E-state index contributed by atoms with van der Waals surface area (Å²) in [5.41, 5.74) is 1.35. The molecule has 0 saturated heterocycles. The molecule has 4 rings (SSSR count). The summed E-state index contributed by atoms with van der Waals surface area (Å²) in [6.45, 7) is 0. The van der Waals surface area contributed by atoms with Gasteiger partial charge in [-0.25, -0.2) is 0 Å². The Kier molecular flexibility index (Phi) is 2.81. The maximum Gasteiger partial charge on any atom is 0.0624 e. The summed E-state index contributed by atoms with van der Waals surface area (Å²) < 4.78 is 0. The van der Waals surface area contributed by atoms with Gasteiger partial charge in [-0.05, 0) is 59.8 Å². The Labute approximate surface area is 119 Å². The Morgan fingerprint density at radius 1 is 0.842 bits per heavy atom. The molecule has 0 spiro atoms. The van der Waals surface area contributed by atoms with Crippen molar-refractivity contribution in [1.82, 2.24) is 0 Å². The number of alkyl halides is 1. The van der Waals surface area contributed by atoms with E-state index in [2.05, 4.69) is 42.5 Å². The average molecular weight is 271 g/mol. The Balaban J connectivity index is 1.76. The molecular weight excluding hydrogens is 252 g/mol. The summed E-state index contributed by atoms with van der Waals surface area (Å²) in [4.78, 5) is 0. The zero-order chi connectivity index (χ0) is 12.8. The summed E-state index contributed by atoms with van der Waals surface area (Å²) in [6, 6.07) is 15.2. The second kappa shape index (κ2) is 4.52. The fraction of sp³-hybridized carbons (Fsp3) is 0.444. The third kappa shape index (κ3) is 2.17. The minimum atomic E-state index is 0.200. The summed E-state index contributed by atoms with van der Waals surface area (Å²) in [7, 11) is 0. The lowest BCUT2D eigenvalue weighted by atomic mass is 9.87. The predicted molar refractivity (Wildman–Crippen MR) is 81.5 cm³/mol. The van der Waals surface area contributed by atoms with Crippen LogP contribution in [-0.2, 0) is 0 Å². The van der Waals surface area contributed by atoms with Crippen molar-refractivity contribution in [3.05, 3.63) is 48.0 Å². The van der Waals surface area contributed by atoms with Crippen LogP contribution in [-0.4, -0.2) is 0 Å². The third-order valence-electron chi connectivity index (χ3n) is 4.79. The quantitative estimate of drug-likeness (QED) is 0.639. The van der Waals surface area contributed by atoms with Gasteiger partial charge in [-0.1, -0.05) is 42.5 Å². The number of rotatable bonds is 4. The molecule has 2 fully saturated rings. The average Bonchev–Trinajstić information content (AvgIpc) is 3.32. The molecule has 19 heavy (non-hydrogen) atoms. The summed E-state index contributed by atoms with van der Waals surface area (Å²) in [5.74, 6) is 2.51. The van der Waals surface area contributed by atoms with Gasteiger partial charge in [0.2, 0.25) is 0 Å². The summed E-state index contributed by atoms with van der Waals surface area (Å²) >= 11 is 6.92. The van der Waals surface area contributed by atoms with E-state index in [0.29, 0.717) is 5.92 Å². The van der Waals surface area contributed by atoms with Crippen molar-refractivity contribution in [1.29, 1.82) is 0 Å². The van der Waals surface area contributed by atoms with E-state index < -0.39 is 0 Å². The van der Waals surface area contributed by atoms with E-state index >= 15 is 0 Å². The fourth-order valence-electron chi connectivity index (χ4n) is 3.52. The lowest BCUT2D eigenvalue weighted by Crippen LogP contribution is -2.13. The van der Waals surface area contributed by atoms with Crippen LogP contribution in [0.25, 0.3) is 10.8 Å². The molecular formula is C18H19Cl. The van der Waals surface area contributed by atoms with Gasteiger partial charge in [0.15, 0.2) is 0 Å². The van der Waals surface area contributed by atoms with Gasteiger partial charge in [-0.3, -0.25) is 0 Å². The van der Waals surface area contributed by atoms with Crippen LogP contribution in [0, 0.1) is 17.8 Å².